The molecule has 2 amide bonds. The molecular weight excluding hydrogens is 368 g/mol. The van der Waals surface area contributed by atoms with Crippen LogP contribution < -0.4 is 0 Å². The highest BCUT2D eigenvalue weighted by atomic mass is 32.2. The first kappa shape index (κ1) is 20.2. The number of aryl methyl sites for hydroxylation is 2. The van der Waals surface area contributed by atoms with Gasteiger partial charge in [-0.2, -0.15) is 0 Å². The second kappa shape index (κ2) is 8.65. The lowest BCUT2D eigenvalue weighted by Gasteiger charge is -2.11. The third kappa shape index (κ3) is 3.99. The summed E-state index contributed by atoms with van der Waals surface area (Å²) in [6.45, 7) is 10.1. The predicted molar refractivity (Wildman–Crippen MR) is 117 cm³/mol. The Morgan fingerprint density at radius 3 is 2.50 bits per heavy atom. The summed E-state index contributed by atoms with van der Waals surface area (Å²) in [6, 6.07) is 10.7. The molecule has 3 rings (SSSR count). The normalized spacial score (nSPS) is 15.7. The molecular formula is C23H26N2O2S. The Bertz CT molecular complexity index is 938. The van der Waals surface area contributed by atoms with E-state index in [1.165, 1.54) is 23.3 Å². The smallest absolute Gasteiger partial charge is 0.293 e. The topological polar surface area (TPSA) is 42.3 Å². The van der Waals surface area contributed by atoms with E-state index in [9.17, 15) is 9.59 Å². The number of carbonyl (C=O) groups is 2. The van der Waals surface area contributed by atoms with E-state index in [2.05, 4.69) is 55.3 Å². The van der Waals surface area contributed by atoms with Gasteiger partial charge in [-0.05, 0) is 73.9 Å². The molecule has 2 heterocycles. The monoisotopic (exact) mass is 394 g/mol. The van der Waals surface area contributed by atoms with Crippen molar-refractivity contribution >= 4 is 29.0 Å². The van der Waals surface area contributed by atoms with Gasteiger partial charge in [0.15, 0.2) is 0 Å². The lowest BCUT2D eigenvalue weighted by molar-refractivity contribution is -0.122. The van der Waals surface area contributed by atoms with Crippen LogP contribution in [0.2, 0.25) is 0 Å². The molecule has 4 nitrogen and oxygen atoms in total. The summed E-state index contributed by atoms with van der Waals surface area (Å²) in [5.41, 5.74) is 5.56. The molecule has 1 aliphatic rings. The first-order valence-electron chi connectivity index (χ1n) is 9.60. The zero-order chi connectivity index (χ0) is 20.3. The van der Waals surface area contributed by atoms with Crippen LogP contribution in [-0.2, 0) is 11.2 Å². The van der Waals surface area contributed by atoms with Gasteiger partial charge in [-0.15, -0.1) is 6.58 Å². The fourth-order valence-corrected chi connectivity index (χ4v) is 4.29. The molecule has 1 fully saturated rings. The second-order valence-electron chi connectivity index (χ2n) is 7.01. The molecule has 0 atom stereocenters. The highest BCUT2D eigenvalue weighted by Crippen LogP contribution is 2.33. The number of hydrogen-bond acceptors (Lipinski definition) is 3. The zero-order valence-electron chi connectivity index (χ0n) is 16.7. The van der Waals surface area contributed by atoms with Gasteiger partial charge in [-0.25, -0.2) is 0 Å². The Morgan fingerprint density at radius 2 is 1.86 bits per heavy atom. The molecule has 146 valence electrons. The number of nitrogens with zero attached hydrogens (tertiary/aromatic N) is 2. The molecule has 0 bridgehead atoms. The summed E-state index contributed by atoms with van der Waals surface area (Å²) in [6.07, 6.45) is 6.88. The van der Waals surface area contributed by atoms with Crippen LogP contribution in [0.15, 0.2) is 47.9 Å². The minimum atomic E-state index is -0.250. The van der Waals surface area contributed by atoms with Crippen molar-refractivity contribution in [1.29, 1.82) is 0 Å². The van der Waals surface area contributed by atoms with Gasteiger partial charge < -0.3 is 4.57 Å². The van der Waals surface area contributed by atoms with Crippen LogP contribution in [0.1, 0.15) is 42.3 Å². The molecule has 0 spiro atoms. The van der Waals surface area contributed by atoms with E-state index in [0.717, 1.165) is 40.8 Å². The van der Waals surface area contributed by atoms with Crippen molar-refractivity contribution in [2.75, 3.05) is 6.54 Å². The van der Waals surface area contributed by atoms with E-state index in [0.29, 0.717) is 4.91 Å². The Labute approximate surface area is 170 Å². The quantitative estimate of drug-likeness (QED) is 0.449. The summed E-state index contributed by atoms with van der Waals surface area (Å²) < 4.78 is 2.18. The average Bonchev–Trinajstić information content (AvgIpc) is 3.11. The van der Waals surface area contributed by atoms with Crippen LogP contribution in [-0.4, -0.2) is 27.2 Å². The SMILES string of the molecule is C=CCN1C(=O)S/C(=C/c2cc(C)n(-c3ccc(CCCC)cc3)c2C)C1=O. The van der Waals surface area contributed by atoms with Crippen molar-refractivity contribution in [2.45, 2.75) is 40.0 Å². The second-order valence-corrected chi connectivity index (χ2v) is 8.01. The van der Waals surface area contributed by atoms with Gasteiger partial charge >= 0.3 is 0 Å². The van der Waals surface area contributed by atoms with Crippen molar-refractivity contribution in [3.63, 3.8) is 0 Å². The Morgan fingerprint density at radius 1 is 1.14 bits per heavy atom. The average molecular weight is 395 g/mol. The zero-order valence-corrected chi connectivity index (χ0v) is 17.5. The maximum atomic E-state index is 12.5. The van der Waals surface area contributed by atoms with Gasteiger partial charge in [0.05, 0.1) is 4.91 Å². The molecule has 0 saturated carbocycles. The van der Waals surface area contributed by atoms with Gasteiger partial charge in [0.1, 0.15) is 0 Å². The van der Waals surface area contributed by atoms with Crippen molar-refractivity contribution in [1.82, 2.24) is 9.47 Å². The largest absolute Gasteiger partial charge is 0.318 e. The Kier molecular flexibility index (Phi) is 6.25. The molecule has 0 N–H and O–H groups in total. The Hall–Kier alpha value is -2.53. The summed E-state index contributed by atoms with van der Waals surface area (Å²) in [5.74, 6) is -0.250. The number of thioether (sulfide) groups is 1. The van der Waals surface area contributed by atoms with E-state index in [1.54, 1.807) is 6.08 Å². The summed E-state index contributed by atoms with van der Waals surface area (Å²) in [5, 5.41) is -0.243. The number of aromatic nitrogens is 1. The number of benzene rings is 1. The van der Waals surface area contributed by atoms with E-state index in [4.69, 9.17) is 0 Å². The third-order valence-corrected chi connectivity index (χ3v) is 5.86. The number of imide groups is 1. The van der Waals surface area contributed by atoms with Gasteiger partial charge in [0, 0.05) is 23.6 Å². The number of rotatable bonds is 7. The molecule has 1 aliphatic heterocycles. The summed E-state index contributed by atoms with van der Waals surface area (Å²) >= 11 is 0.987. The molecule has 28 heavy (non-hydrogen) atoms. The van der Waals surface area contributed by atoms with Crippen molar-refractivity contribution in [3.05, 3.63) is 70.4 Å². The maximum absolute atomic E-state index is 12.5. The predicted octanol–water partition coefficient (Wildman–Crippen LogP) is 5.66. The van der Waals surface area contributed by atoms with Crippen LogP contribution in [0.5, 0.6) is 0 Å². The van der Waals surface area contributed by atoms with Crippen LogP contribution in [0.3, 0.4) is 0 Å². The van der Waals surface area contributed by atoms with Gasteiger partial charge in [0.2, 0.25) is 0 Å². The lowest BCUT2D eigenvalue weighted by atomic mass is 10.1. The fourth-order valence-electron chi connectivity index (χ4n) is 3.45. The standard InChI is InChI=1S/C23H26N2O2S/c1-5-7-8-18-9-11-20(12-10-18)25-16(3)14-19(17(25)4)15-21-22(26)24(13-6-2)23(27)28-21/h6,9-12,14-15H,2,5,7-8,13H2,1,3-4H3/b21-15+. The molecule has 0 unspecified atom stereocenters. The summed E-state index contributed by atoms with van der Waals surface area (Å²) in [7, 11) is 0. The summed E-state index contributed by atoms with van der Waals surface area (Å²) in [4.78, 5) is 26.2. The number of amides is 2. The van der Waals surface area contributed by atoms with Gasteiger partial charge in [0.25, 0.3) is 11.1 Å². The van der Waals surface area contributed by atoms with Crippen LogP contribution >= 0.6 is 11.8 Å². The van der Waals surface area contributed by atoms with E-state index >= 15 is 0 Å². The maximum Gasteiger partial charge on any atom is 0.293 e. The van der Waals surface area contributed by atoms with Crippen molar-refractivity contribution < 1.29 is 9.59 Å². The van der Waals surface area contributed by atoms with E-state index in [1.807, 2.05) is 13.0 Å². The van der Waals surface area contributed by atoms with Crippen molar-refractivity contribution in [3.8, 4) is 5.69 Å². The molecule has 1 saturated heterocycles. The van der Waals surface area contributed by atoms with Crippen LogP contribution in [0, 0.1) is 13.8 Å². The molecule has 1 aromatic heterocycles. The van der Waals surface area contributed by atoms with Crippen molar-refractivity contribution in [2.24, 2.45) is 0 Å². The Balaban J connectivity index is 1.89. The third-order valence-electron chi connectivity index (χ3n) is 4.96. The lowest BCUT2D eigenvalue weighted by Crippen LogP contribution is -2.27. The van der Waals surface area contributed by atoms with Gasteiger partial charge in [-0.1, -0.05) is 31.6 Å². The number of unbranched alkanes of at least 4 members (excludes halogenated alkanes) is 1. The minimum absolute atomic E-state index is 0.241. The minimum Gasteiger partial charge on any atom is -0.318 e. The highest BCUT2D eigenvalue weighted by molar-refractivity contribution is 8.18. The molecule has 0 radical (unpaired) electrons. The fraction of sp³-hybridized carbons (Fsp3) is 0.304. The molecule has 5 heteroatoms. The van der Waals surface area contributed by atoms with Crippen LogP contribution in [0.25, 0.3) is 11.8 Å². The van der Waals surface area contributed by atoms with Crippen LogP contribution in [0.4, 0.5) is 4.79 Å². The first-order chi connectivity index (χ1) is 13.5. The molecule has 0 aliphatic carbocycles. The van der Waals surface area contributed by atoms with E-state index < -0.39 is 0 Å². The first-order valence-corrected chi connectivity index (χ1v) is 10.4. The highest BCUT2D eigenvalue weighted by Gasteiger charge is 2.34. The molecule has 1 aromatic carbocycles. The number of carbonyl (C=O) groups excluding carboxylic acids is 2. The van der Waals surface area contributed by atoms with E-state index in [-0.39, 0.29) is 17.7 Å². The molecule has 2 aromatic rings. The van der Waals surface area contributed by atoms with Gasteiger partial charge in [-0.3, -0.25) is 14.5 Å². The number of hydrogen-bond donors (Lipinski definition) is 0.